The molecule has 0 aliphatic carbocycles. The minimum absolute atomic E-state index is 0.161. The van der Waals surface area contributed by atoms with Crippen LogP contribution in [0.25, 0.3) is 11.5 Å². The first kappa shape index (κ1) is 15.7. The summed E-state index contributed by atoms with van der Waals surface area (Å²) in [5.41, 5.74) is 1.65. The molecule has 3 aromatic rings. The molecule has 8 nitrogen and oxygen atoms in total. The number of methoxy groups -OCH3 is 1. The summed E-state index contributed by atoms with van der Waals surface area (Å²) in [6, 6.07) is 5.18. The van der Waals surface area contributed by atoms with Crippen molar-refractivity contribution in [1.29, 1.82) is 0 Å². The quantitative estimate of drug-likeness (QED) is 0.785. The molecule has 0 saturated heterocycles. The van der Waals surface area contributed by atoms with Gasteiger partial charge in [0.25, 0.3) is 5.91 Å². The fraction of sp³-hybridized carbons (Fsp3) is 0.250. The first-order chi connectivity index (χ1) is 11.5. The number of hydrogen-bond donors (Lipinski definition) is 1. The first-order valence-corrected chi connectivity index (χ1v) is 7.22. The van der Waals surface area contributed by atoms with E-state index in [1.54, 1.807) is 39.0 Å². The molecule has 0 aliphatic heterocycles. The highest BCUT2D eigenvalue weighted by molar-refractivity contribution is 6.04. The average molecular weight is 328 g/mol. The Morgan fingerprint density at radius 1 is 1.12 bits per heavy atom. The highest BCUT2D eigenvalue weighted by Crippen LogP contribution is 2.30. The van der Waals surface area contributed by atoms with Crippen molar-refractivity contribution in [2.24, 2.45) is 0 Å². The lowest BCUT2D eigenvalue weighted by molar-refractivity contribution is 0.0994. The molecule has 0 atom stereocenters. The van der Waals surface area contributed by atoms with Crippen LogP contribution in [0.1, 0.15) is 28.0 Å². The van der Waals surface area contributed by atoms with Crippen LogP contribution in [0.5, 0.6) is 5.75 Å². The van der Waals surface area contributed by atoms with Gasteiger partial charge in [-0.25, -0.2) is 4.98 Å². The van der Waals surface area contributed by atoms with Crippen molar-refractivity contribution < 1.29 is 18.4 Å². The fourth-order valence-corrected chi connectivity index (χ4v) is 2.27. The zero-order chi connectivity index (χ0) is 17.3. The van der Waals surface area contributed by atoms with Gasteiger partial charge in [0.1, 0.15) is 5.75 Å². The van der Waals surface area contributed by atoms with Crippen LogP contribution in [0.3, 0.4) is 0 Å². The largest absolute Gasteiger partial charge is 0.495 e. The second-order valence-electron chi connectivity index (χ2n) is 5.14. The number of aromatic nitrogens is 3. The van der Waals surface area contributed by atoms with Crippen molar-refractivity contribution in [2.75, 3.05) is 12.4 Å². The number of ether oxygens (including phenoxy) is 1. The van der Waals surface area contributed by atoms with Crippen molar-refractivity contribution in [3.63, 3.8) is 0 Å². The van der Waals surface area contributed by atoms with E-state index in [1.165, 1.54) is 7.11 Å². The molecule has 3 rings (SSSR count). The number of anilines is 1. The smallest absolute Gasteiger partial charge is 0.293 e. The van der Waals surface area contributed by atoms with E-state index in [0.717, 1.165) is 0 Å². The van der Waals surface area contributed by atoms with Gasteiger partial charge < -0.3 is 18.9 Å². The van der Waals surface area contributed by atoms with Crippen molar-refractivity contribution >= 4 is 11.6 Å². The Morgan fingerprint density at radius 2 is 1.92 bits per heavy atom. The van der Waals surface area contributed by atoms with Gasteiger partial charge in [-0.15, -0.1) is 10.2 Å². The SMILES string of the molecule is COc1ccc(-c2nnc(C)o2)cc1NC(=O)c1oc(C)nc1C. The van der Waals surface area contributed by atoms with E-state index in [4.69, 9.17) is 13.6 Å². The van der Waals surface area contributed by atoms with Crippen LogP contribution in [-0.4, -0.2) is 28.2 Å². The molecule has 0 spiro atoms. The Balaban J connectivity index is 1.94. The van der Waals surface area contributed by atoms with Gasteiger partial charge in [-0.2, -0.15) is 0 Å². The maximum Gasteiger partial charge on any atom is 0.293 e. The van der Waals surface area contributed by atoms with Crippen molar-refractivity contribution in [2.45, 2.75) is 20.8 Å². The lowest BCUT2D eigenvalue weighted by atomic mass is 10.1. The van der Waals surface area contributed by atoms with Gasteiger partial charge in [-0.1, -0.05) is 0 Å². The third-order valence-electron chi connectivity index (χ3n) is 3.33. The number of hydrogen-bond acceptors (Lipinski definition) is 7. The molecule has 8 heteroatoms. The van der Waals surface area contributed by atoms with Gasteiger partial charge in [0.05, 0.1) is 18.5 Å². The molecular weight excluding hydrogens is 312 g/mol. The molecule has 1 amide bonds. The normalized spacial score (nSPS) is 10.7. The van der Waals surface area contributed by atoms with Crippen LogP contribution in [0, 0.1) is 20.8 Å². The lowest BCUT2D eigenvalue weighted by Gasteiger charge is -2.10. The predicted octanol–water partition coefficient (Wildman–Crippen LogP) is 2.91. The summed E-state index contributed by atoms with van der Waals surface area (Å²) in [5.74, 6) is 1.49. The molecule has 1 N–H and O–H groups in total. The summed E-state index contributed by atoms with van der Waals surface area (Å²) in [4.78, 5) is 16.5. The minimum atomic E-state index is -0.412. The Kier molecular flexibility index (Phi) is 4.03. The molecule has 0 radical (unpaired) electrons. The van der Waals surface area contributed by atoms with E-state index in [9.17, 15) is 4.79 Å². The number of carbonyl (C=O) groups excluding carboxylic acids is 1. The number of aryl methyl sites for hydroxylation is 3. The molecule has 124 valence electrons. The van der Waals surface area contributed by atoms with Gasteiger partial charge in [-0.05, 0) is 25.1 Å². The molecule has 24 heavy (non-hydrogen) atoms. The molecule has 0 unspecified atom stereocenters. The molecule has 0 aliphatic rings. The van der Waals surface area contributed by atoms with E-state index in [2.05, 4.69) is 20.5 Å². The highest BCUT2D eigenvalue weighted by Gasteiger charge is 2.18. The summed E-state index contributed by atoms with van der Waals surface area (Å²) in [7, 11) is 1.52. The minimum Gasteiger partial charge on any atom is -0.495 e. The number of carbonyl (C=O) groups is 1. The maximum atomic E-state index is 12.4. The highest BCUT2D eigenvalue weighted by atomic mass is 16.5. The zero-order valence-corrected chi connectivity index (χ0v) is 13.7. The molecular formula is C16H16N4O4. The lowest BCUT2D eigenvalue weighted by Crippen LogP contribution is -2.13. The number of nitrogens with one attached hydrogen (secondary N) is 1. The molecule has 0 bridgehead atoms. The average Bonchev–Trinajstić information content (AvgIpc) is 3.12. The van der Waals surface area contributed by atoms with Crippen molar-refractivity contribution in [3.05, 3.63) is 41.4 Å². The standard InChI is InChI=1S/C16H16N4O4/c1-8-14(23-9(2)17-8)15(21)18-12-7-11(5-6-13(12)22-4)16-20-19-10(3)24-16/h5-7H,1-4H3,(H,18,21). The Hall–Kier alpha value is -3.16. The molecule has 1 aromatic carbocycles. The maximum absolute atomic E-state index is 12.4. The van der Waals surface area contributed by atoms with E-state index in [1.807, 2.05) is 0 Å². The van der Waals surface area contributed by atoms with Crippen LogP contribution in [0.2, 0.25) is 0 Å². The third kappa shape index (κ3) is 2.98. The van der Waals surface area contributed by atoms with Crippen LogP contribution >= 0.6 is 0 Å². The molecule has 0 saturated carbocycles. The number of oxazole rings is 1. The van der Waals surface area contributed by atoms with Crippen LogP contribution in [0.4, 0.5) is 5.69 Å². The molecule has 2 heterocycles. The van der Waals surface area contributed by atoms with Gasteiger partial charge in [-0.3, -0.25) is 4.79 Å². The van der Waals surface area contributed by atoms with Crippen LogP contribution in [-0.2, 0) is 0 Å². The first-order valence-electron chi connectivity index (χ1n) is 7.22. The molecule has 2 aromatic heterocycles. The summed E-state index contributed by atoms with van der Waals surface area (Å²) < 4.78 is 16.0. The summed E-state index contributed by atoms with van der Waals surface area (Å²) in [6.45, 7) is 5.10. The summed E-state index contributed by atoms with van der Waals surface area (Å²) in [6.07, 6.45) is 0. The Morgan fingerprint density at radius 3 is 2.50 bits per heavy atom. The number of benzene rings is 1. The monoisotopic (exact) mass is 328 g/mol. The zero-order valence-electron chi connectivity index (χ0n) is 13.7. The van der Waals surface area contributed by atoms with E-state index >= 15 is 0 Å². The second kappa shape index (κ2) is 6.15. The van der Waals surface area contributed by atoms with Crippen LogP contribution < -0.4 is 10.1 Å². The Labute approximate surface area is 137 Å². The number of nitrogens with zero attached hydrogens (tertiary/aromatic N) is 3. The third-order valence-corrected chi connectivity index (χ3v) is 3.33. The van der Waals surface area contributed by atoms with Gasteiger partial charge in [0.15, 0.2) is 5.89 Å². The van der Waals surface area contributed by atoms with Gasteiger partial charge in [0, 0.05) is 19.4 Å². The Bertz CT molecular complexity index is 897. The van der Waals surface area contributed by atoms with E-state index in [0.29, 0.717) is 40.4 Å². The number of amides is 1. The van der Waals surface area contributed by atoms with Crippen molar-refractivity contribution in [3.8, 4) is 17.2 Å². The van der Waals surface area contributed by atoms with E-state index in [-0.39, 0.29) is 5.76 Å². The predicted molar refractivity (Wildman–Crippen MR) is 85.0 cm³/mol. The summed E-state index contributed by atoms with van der Waals surface area (Å²) >= 11 is 0. The van der Waals surface area contributed by atoms with Crippen LogP contribution in [0.15, 0.2) is 27.0 Å². The summed E-state index contributed by atoms with van der Waals surface area (Å²) in [5, 5.41) is 10.5. The van der Waals surface area contributed by atoms with E-state index < -0.39 is 5.91 Å². The van der Waals surface area contributed by atoms with Gasteiger partial charge >= 0.3 is 0 Å². The second-order valence-corrected chi connectivity index (χ2v) is 5.14. The number of rotatable bonds is 4. The topological polar surface area (TPSA) is 103 Å². The molecule has 0 fully saturated rings. The van der Waals surface area contributed by atoms with Gasteiger partial charge in [0.2, 0.25) is 17.5 Å². The fourth-order valence-electron chi connectivity index (χ4n) is 2.27. The van der Waals surface area contributed by atoms with Crippen molar-refractivity contribution in [1.82, 2.24) is 15.2 Å².